The monoisotopic (exact) mass is 280 g/mol. The quantitative estimate of drug-likeness (QED) is 0.894. The van der Waals surface area contributed by atoms with Gasteiger partial charge in [-0.1, -0.05) is 38.1 Å². The van der Waals surface area contributed by atoms with Gasteiger partial charge in [-0.15, -0.1) is 0 Å². The first-order chi connectivity index (χ1) is 10.3. The fraction of sp³-hybridized carbons (Fsp3) is 0.421. The van der Waals surface area contributed by atoms with Gasteiger partial charge < -0.3 is 5.32 Å². The zero-order valence-electron chi connectivity index (χ0n) is 13.0. The van der Waals surface area contributed by atoms with Crippen LogP contribution in [0.15, 0.2) is 42.6 Å². The molecule has 0 bridgehead atoms. The smallest absolute Gasteiger partial charge is 0.0450 e. The Morgan fingerprint density at radius 1 is 1.14 bits per heavy atom. The zero-order valence-corrected chi connectivity index (χ0v) is 13.0. The summed E-state index contributed by atoms with van der Waals surface area (Å²) in [5, 5.41) is 3.65. The molecule has 110 valence electrons. The van der Waals surface area contributed by atoms with Gasteiger partial charge in [0.25, 0.3) is 0 Å². The maximum absolute atomic E-state index is 4.54. The summed E-state index contributed by atoms with van der Waals surface area (Å²) in [4.78, 5) is 4.54. The molecule has 1 aliphatic rings. The summed E-state index contributed by atoms with van der Waals surface area (Å²) in [5.41, 5.74) is 5.64. The number of pyridine rings is 1. The van der Waals surface area contributed by atoms with Gasteiger partial charge in [-0.3, -0.25) is 4.98 Å². The van der Waals surface area contributed by atoms with E-state index in [0.717, 1.165) is 12.2 Å². The van der Waals surface area contributed by atoms with Crippen molar-refractivity contribution >= 4 is 0 Å². The summed E-state index contributed by atoms with van der Waals surface area (Å²) in [6.07, 6.45) is 5.68. The van der Waals surface area contributed by atoms with Crippen LogP contribution in [0.5, 0.6) is 0 Å². The first-order valence-electron chi connectivity index (χ1n) is 8.05. The molecule has 1 aromatic carbocycles. The van der Waals surface area contributed by atoms with Crippen LogP contribution in [0.25, 0.3) is 0 Å². The van der Waals surface area contributed by atoms with Crippen LogP contribution in [0.1, 0.15) is 54.6 Å². The molecule has 0 saturated carbocycles. The van der Waals surface area contributed by atoms with E-state index in [2.05, 4.69) is 54.5 Å². The molecule has 2 aromatic rings. The Morgan fingerprint density at radius 2 is 2.00 bits per heavy atom. The highest BCUT2D eigenvalue weighted by atomic mass is 14.9. The fourth-order valence-corrected chi connectivity index (χ4v) is 3.40. The highest BCUT2D eigenvalue weighted by Gasteiger charge is 2.22. The fourth-order valence-electron chi connectivity index (χ4n) is 3.40. The minimum Gasteiger partial charge on any atom is -0.310 e. The number of hydrogen-bond acceptors (Lipinski definition) is 2. The van der Waals surface area contributed by atoms with Gasteiger partial charge in [0.05, 0.1) is 0 Å². The molecule has 0 aliphatic heterocycles. The van der Waals surface area contributed by atoms with Gasteiger partial charge in [-0.05, 0) is 54.6 Å². The molecule has 1 aliphatic carbocycles. The Morgan fingerprint density at radius 3 is 2.76 bits per heavy atom. The van der Waals surface area contributed by atoms with Crippen LogP contribution in [-0.4, -0.2) is 11.5 Å². The van der Waals surface area contributed by atoms with E-state index < -0.39 is 0 Å². The standard InChI is InChI=1S/C19H24N2/c1-3-20-19(14(2)18-9-4-5-12-21-18)17-11-10-15-7-6-8-16(15)13-17/h4-5,9-14,19-20H,3,6-8H2,1-2H3. The largest absolute Gasteiger partial charge is 0.310 e. The molecule has 1 aromatic heterocycles. The molecule has 0 radical (unpaired) electrons. The third-order valence-corrected chi connectivity index (χ3v) is 4.56. The molecule has 0 amide bonds. The highest BCUT2D eigenvalue weighted by Crippen LogP contribution is 2.32. The molecular weight excluding hydrogens is 256 g/mol. The summed E-state index contributed by atoms with van der Waals surface area (Å²) in [6.45, 7) is 5.41. The topological polar surface area (TPSA) is 24.9 Å². The molecule has 21 heavy (non-hydrogen) atoms. The van der Waals surface area contributed by atoms with E-state index in [4.69, 9.17) is 0 Å². The van der Waals surface area contributed by atoms with Crippen molar-refractivity contribution in [2.75, 3.05) is 6.54 Å². The maximum atomic E-state index is 4.54. The number of benzene rings is 1. The van der Waals surface area contributed by atoms with Gasteiger partial charge in [0.1, 0.15) is 0 Å². The number of likely N-dealkylation sites (N-methyl/N-ethyl adjacent to an activating group) is 1. The summed E-state index contributed by atoms with van der Waals surface area (Å²) in [6, 6.07) is 13.6. The van der Waals surface area contributed by atoms with Crippen LogP contribution >= 0.6 is 0 Å². The van der Waals surface area contributed by atoms with Crippen molar-refractivity contribution in [3.05, 3.63) is 65.0 Å². The molecule has 0 spiro atoms. The van der Waals surface area contributed by atoms with E-state index >= 15 is 0 Å². The Hall–Kier alpha value is -1.67. The summed E-state index contributed by atoms with van der Waals surface area (Å²) in [7, 11) is 0. The first kappa shape index (κ1) is 14.3. The molecule has 3 rings (SSSR count). The molecule has 1 N–H and O–H groups in total. The minimum atomic E-state index is 0.329. The number of aromatic nitrogens is 1. The van der Waals surface area contributed by atoms with Crippen molar-refractivity contribution in [3.8, 4) is 0 Å². The molecule has 2 atom stereocenters. The number of fused-ring (bicyclic) bond motifs is 1. The number of nitrogens with one attached hydrogen (secondary N) is 1. The van der Waals surface area contributed by atoms with Crippen LogP contribution < -0.4 is 5.32 Å². The van der Waals surface area contributed by atoms with Crippen LogP contribution in [0, 0.1) is 0 Å². The molecule has 0 fully saturated rings. The lowest BCUT2D eigenvalue weighted by molar-refractivity contribution is 0.472. The van der Waals surface area contributed by atoms with Crippen molar-refractivity contribution < 1.29 is 0 Å². The van der Waals surface area contributed by atoms with Crippen LogP contribution in [0.3, 0.4) is 0 Å². The SMILES string of the molecule is CCNC(c1ccc2c(c1)CCC2)C(C)c1ccccn1. The Labute approximate surface area is 127 Å². The lowest BCUT2D eigenvalue weighted by Crippen LogP contribution is -2.26. The summed E-state index contributed by atoms with van der Waals surface area (Å²) >= 11 is 0. The minimum absolute atomic E-state index is 0.329. The maximum Gasteiger partial charge on any atom is 0.0450 e. The van der Waals surface area contributed by atoms with Crippen LogP contribution in [-0.2, 0) is 12.8 Å². The molecule has 2 heteroatoms. The Kier molecular flexibility index (Phi) is 4.35. The average molecular weight is 280 g/mol. The third-order valence-electron chi connectivity index (χ3n) is 4.56. The van der Waals surface area contributed by atoms with E-state index in [1.165, 1.54) is 24.8 Å². The third kappa shape index (κ3) is 3.01. The average Bonchev–Trinajstić information content (AvgIpc) is 3.00. The lowest BCUT2D eigenvalue weighted by Gasteiger charge is -2.25. The van der Waals surface area contributed by atoms with Gasteiger partial charge in [-0.2, -0.15) is 0 Å². The lowest BCUT2D eigenvalue weighted by atomic mass is 9.90. The number of nitrogens with zero attached hydrogens (tertiary/aromatic N) is 1. The van der Waals surface area contributed by atoms with E-state index in [1.807, 2.05) is 12.3 Å². The second-order valence-corrected chi connectivity index (χ2v) is 5.96. The second-order valence-electron chi connectivity index (χ2n) is 5.96. The Bertz CT molecular complexity index is 592. The molecule has 1 heterocycles. The van der Waals surface area contributed by atoms with Gasteiger partial charge in [-0.25, -0.2) is 0 Å². The Balaban J connectivity index is 1.90. The second kappa shape index (κ2) is 6.40. The van der Waals surface area contributed by atoms with E-state index in [0.29, 0.717) is 12.0 Å². The molecule has 2 nitrogen and oxygen atoms in total. The van der Waals surface area contributed by atoms with Crippen molar-refractivity contribution in [3.63, 3.8) is 0 Å². The van der Waals surface area contributed by atoms with Gasteiger partial charge >= 0.3 is 0 Å². The van der Waals surface area contributed by atoms with Crippen LogP contribution in [0.4, 0.5) is 0 Å². The number of hydrogen-bond donors (Lipinski definition) is 1. The number of aryl methyl sites for hydroxylation is 2. The van der Waals surface area contributed by atoms with E-state index in [9.17, 15) is 0 Å². The van der Waals surface area contributed by atoms with Crippen molar-refractivity contribution in [1.29, 1.82) is 0 Å². The highest BCUT2D eigenvalue weighted by molar-refractivity contribution is 5.37. The molecule has 2 unspecified atom stereocenters. The first-order valence-corrected chi connectivity index (χ1v) is 8.05. The predicted molar refractivity (Wildman–Crippen MR) is 87.5 cm³/mol. The molecular formula is C19H24N2. The summed E-state index contributed by atoms with van der Waals surface area (Å²) in [5.74, 6) is 0.366. The van der Waals surface area contributed by atoms with Crippen molar-refractivity contribution in [2.45, 2.75) is 45.1 Å². The van der Waals surface area contributed by atoms with E-state index in [1.54, 1.807) is 11.1 Å². The molecule has 0 saturated heterocycles. The summed E-state index contributed by atoms with van der Waals surface area (Å²) < 4.78 is 0. The van der Waals surface area contributed by atoms with Crippen molar-refractivity contribution in [1.82, 2.24) is 10.3 Å². The zero-order chi connectivity index (χ0) is 14.7. The van der Waals surface area contributed by atoms with Crippen molar-refractivity contribution in [2.24, 2.45) is 0 Å². The van der Waals surface area contributed by atoms with Gasteiger partial charge in [0.2, 0.25) is 0 Å². The van der Waals surface area contributed by atoms with E-state index in [-0.39, 0.29) is 0 Å². The normalized spacial score (nSPS) is 16.5. The predicted octanol–water partition coefficient (Wildman–Crippen LogP) is 4.02. The number of rotatable bonds is 5. The van der Waals surface area contributed by atoms with Gasteiger partial charge in [0, 0.05) is 23.9 Å². The van der Waals surface area contributed by atoms with Gasteiger partial charge in [0.15, 0.2) is 0 Å². The van der Waals surface area contributed by atoms with Crippen LogP contribution in [0.2, 0.25) is 0 Å².